The van der Waals surface area contributed by atoms with E-state index >= 15 is 0 Å². The second kappa shape index (κ2) is 7.10. The molecule has 0 spiro atoms. The first-order valence-electron chi connectivity index (χ1n) is 7.24. The molecule has 0 saturated heterocycles. The molecule has 3 rings (SSSR count). The Labute approximate surface area is 146 Å². The van der Waals surface area contributed by atoms with Crippen LogP contribution in [0.15, 0.2) is 59.4 Å². The summed E-state index contributed by atoms with van der Waals surface area (Å²) in [5.41, 5.74) is 0.712. The van der Waals surface area contributed by atoms with Crippen molar-refractivity contribution in [3.8, 4) is 16.3 Å². The van der Waals surface area contributed by atoms with Gasteiger partial charge in [-0.05, 0) is 24.3 Å². The Morgan fingerprint density at radius 1 is 1.12 bits per heavy atom. The van der Waals surface area contributed by atoms with E-state index in [9.17, 15) is 14.9 Å². The fraction of sp³-hybridized carbons (Fsp3) is 0.0588. The normalized spacial score (nSPS) is 10.3. The van der Waals surface area contributed by atoms with Crippen LogP contribution in [0.1, 0.15) is 0 Å². The number of methoxy groups -OCH3 is 1. The van der Waals surface area contributed by atoms with E-state index in [1.165, 1.54) is 0 Å². The third kappa shape index (κ3) is 3.64. The third-order valence-corrected chi connectivity index (χ3v) is 4.28. The average molecular weight is 355 g/mol. The van der Waals surface area contributed by atoms with Gasteiger partial charge in [-0.2, -0.15) is 0 Å². The second-order valence-electron chi connectivity index (χ2n) is 4.98. The lowest BCUT2D eigenvalue weighted by molar-refractivity contribution is -0.384. The Balaban J connectivity index is 2.07. The van der Waals surface area contributed by atoms with Crippen molar-refractivity contribution < 1.29 is 9.66 Å². The highest BCUT2D eigenvalue weighted by Gasteiger charge is 2.23. The maximum atomic E-state index is 12.2. The van der Waals surface area contributed by atoms with Crippen molar-refractivity contribution in [2.75, 3.05) is 12.4 Å². The minimum atomic E-state index is -0.716. The number of nitrogens with zero attached hydrogens (tertiary/aromatic N) is 2. The van der Waals surface area contributed by atoms with Crippen LogP contribution in [-0.2, 0) is 0 Å². The van der Waals surface area contributed by atoms with Crippen LogP contribution in [-0.4, -0.2) is 17.0 Å². The number of rotatable bonds is 5. The lowest BCUT2D eigenvalue weighted by Crippen LogP contribution is -2.10. The predicted molar refractivity (Wildman–Crippen MR) is 96.8 cm³/mol. The van der Waals surface area contributed by atoms with Crippen LogP contribution in [0.25, 0.3) is 10.6 Å². The standard InChI is InChI=1S/C17H13N3O4S/c1-24-13-9-7-12(8-10-13)18-15-14(20(22)23)17(21)25-16(19-15)11-5-3-2-4-6-11/h2-10,18H,1H3. The molecule has 1 heterocycles. The van der Waals surface area contributed by atoms with Gasteiger partial charge in [0.15, 0.2) is 0 Å². The zero-order valence-corrected chi connectivity index (χ0v) is 13.9. The van der Waals surface area contributed by atoms with Crippen LogP contribution in [0.4, 0.5) is 17.2 Å². The van der Waals surface area contributed by atoms with E-state index in [4.69, 9.17) is 4.74 Å². The monoisotopic (exact) mass is 355 g/mol. The third-order valence-electron chi connectivity index (χ3n) is 3.38. The number of benzene rings is 2. The molecule has 0 fully saturated rings. The zero-order valence-electron chi connectivity index (χ0n) is 13.1. The number of hydrogen-bond acceptors (Lipinski definition) is 7. The molecule has 8 heteroatoms. The summed E-state index contributed by atoms with van der Waals surface area (Å²) < 4.78 is 4.42. The van der Waals surface area contributed by atoms with Crippen LogP contribution >= 0.6 is 11.3 Å². The molecule has 0 radical (unpaired) electrons. The summed E-state index contributed by atoms with van der Waals surface area (Å²) in [6.45, 7) is 0. The number of nitrogens with one attached hydrogen (secondary N) is 1. The number of ether oxygens (including phenoxy) is 1. The molecular formula is C17H13N3O4S. The number of nitro groups is 1. The molecule has 0 aliphatic heterocycles. The molecule has 0 unspecified atom stereocenters. The smallest absolute Gasteiger partial charge is 0.369 e. The van der Waals surface area contributed by atoms with E-state index in [2.05, 4.69) is 10.3 Å². The quantitative estimate of drug-likeness (QED) is 0.552. The molecule has 1 N–H and O–H groups in total. The largest absolute Gasteiger partial charge is 0.497 e. The predicted octanol–water partition coefficient (Wildman–Crippen LogP) is 3.83. The highest BCUT2D eigenvalue weighted by Crippen LogP contribution is 2.29. The topological polar surface area (TPSA) is 94.4 Å². The van der Waals surface area contributed by atoms with Crippen LogP contribution in [0.2, 0.25) is 0 Å². The molecule has 1 aromatic heterocycles. The van der Waals surface area contributed by atoms with Gasteiger partial charge < -0.3 is 10.1 Å². The minimum absolute atomic E-state index is 0.0854. The highest BCUT2D eigenvalue weighted by atomic mass is 32.1. The number of aromatic nitrogens is 1. The first-order valence-corrected chi connectivity index (χ1v) is 8.06. The van der Waals surface area contributed by atoms with E-state index < -0.39 is 15.4 Å². The lowest BCUT2D eigenvalue weighted by Gasteiger charge is -2.08. The van der Waals surface area contributed by atoms with Crippen LogP contribution in [0.3, 0.4) is 0 Å². The van der Waals surface area contributed by atoms with E-state index in [0.717, 1.165) is 16.9 Å². The van der Waals surface area contributed by atoms with Crippen molar-refractivity contribution >= 4 is 28.5 Å². The summed E-state index contributed by atoms with van der Waals surface area (Å²) in [5, 5.41) is 14.6. The summed E-state index contributed by atoms with van der Waals surface area (Å²) in [6.07, 6.45) is 0. The van der Waals surface area contributed by atoms with E-state index in [1.807, 2.05) is 18.2 Å². The van der Waals surface area contributed by atoms with Crippen LogP contribution in [0, 0.1) is 10.1 Å². The SMILES string of the molecule is COc1ccc(Nc2nc(-c3ccccc3)sc(=O)c2[N+](=O)[O-])cc1. The number of anilines is 2. The Morgan fingerprint density at radius 2 is 1.80 bits per heavy atom. The fourth-order valence-corrected chi connectivity index (χ4v) is 3.01. The van der Waals surface area contributed by atoms with Gasteiger partial charge in [-0.1, -0.05) is 41.7 Å². The van der Waals surface area contributed by atoms with Gasteiger partial charge in [0, 0.05) is 11.3 Å². The Hall–Kier alpha value is -3.26. The maximum Gasteiger partial charge on any atom is 0.369 e. The molecular weight excluding hydrogens is 342 g/mol. The Kier molecular flexibility index (Phi) is 4.71. The summed E-state index contributed by atoms with van der Waals surface area (Å²) in [6, 6.07) is 15.8. The molecule has 7 nitrogen and oxygen atoms in total. The first-order chi connectivity index (χ1) is 12.1. The van der Waals surface area contributed by atoms with Crippen molar-refractivity contribution in [1.29, 1.82) is 0 Å². The van der Waals surface area contributed by atoms with E-state index in [1.54, 1.807) is 43.5 Å². The maximum absolute atomic E-state index is 12.2. The van der Waals surface area contributed by atoms with Gasteiger partial charge >= 0.3 is 10.4 Å². The second-order valence-corrected chi connectivity index (χ2v) is 5.94. The van der Waals surface area contributed by atoms with Crippen molar-refractivity contribution in [3.05, 3.63) is 74.2 Å². The van der Waals surface area contributed by atoms with E-state index in [0.29, 0.717) is 16.4 Å². The molecule has 0 atom stereocenters. The van der Waals surface area contributed by atoms with Crippen molar-refractivity contribution in [2.45, 2.75) is 0 Å². The minimum Gasteiger partial charge on any atom is -0.497 e. The molecule has 3 aromatic rings. The summed E-state index contributed by atoms with van der Waals surface area (Å²) in [7, 11) is 1.54. The molecule has 0 aliphatic carbocycles. The summed E-state index contributed by atoms with van der Waals surface area (Å²) in [5.74, 6) is 0.565. The van der Waals surface area contributed by atoms with Crippen LogP contribution < -0.4 is 14.8 Å². The Morgan fingerprint density at radius 3 is 2.40 bits per heavy atom. The molecule has 25 heavy (non-hydrogen) atoms. The average Bonchev–Trinajstić information content (AvgIpc) is 2.62. The molecule has 126 valence electrons. The van der Waals surface area contributed by atoms with Crippen molar-refractivity contribution in [2.24, 2.45) is 0 Å². The first kappa shape index (κ1) is 16.6. The fourth-order valence-electron chi connectivity index (χ4n) is 2.17. The van der Waals surface area contributed by atoms with Gasteiger partial charge in [0.25, 0.3) is 0 Å². The molecule has 2 aromatic carbocycles. The van der Waals surface area contributed by atoms with Crippen molar-refractivity contribution in [1.82, 2.24) is 4.98 Å². The van der Waals surface area contributed by atoms with Gasteiger partial charge in [0.1, 0.15) is 10.8 Å². The van der Waals surface area contributed by atoms with Gasteiger partial charge in [-0.25, -0.2) is 4.98 Å². The molecule has 0 saturated carbocycles. The summed E-state index contributed by atoms with van der Waals surface area (Å²) in [4.78, 5) is 27.1. The Bertz CT molecular complexity index is 956. The van der Waals surface area contributed by atoms with E-state index in [-0.39, 0.29) is 5.82 Å². The lowest BCUT2D eigenvalue weighted by atomic mass is 10.2. The van der Waals surface area contributed by atoms with Crippen molar-refractivity contribution in [3.63, 3.8) is 0 Å². The molecule has 0 aliphatic rings. The molecule has 0 amide bonds. The molecule has 0 bridgehead atoms. The van der Waals surface area contributed by atoms with Gasteiger partial charge in [-0.3, -0.25) is 14.9 Å². The van der Waals surface area contributed by atoms with Gasteiger partial charge in [-0.15, -0.1) is 0 Å². The van der Waals surface area contributed by atoms with Gasteiger partial charge in [0.05, 0.1) is 12.0 Å². The number of hydrogen-bond donors (Lipinski definition) is 1. The van der Waals surface area contributed by atoms with Gasteiger partial charge in [0.2, 0.25) is 5.82 Å². The van der Waals surface area contributed by atoms with Crippen LogP contribution in [0.5, 0.6) is 5.75 Å². The zero-order chi connectivity index (χ0) is 17.8. The highest BCUT2D eigenvalue weighted by molar-refractivity contribution is 7.12. The summed E-state index contributed by atoms with van der Waals surface area (Å²) >= 11 is 0.748.